The summed E-state index contributed by atoms with van der Waals surface area (Å²) in [5.74, 6) is -0.240. The number of halogens is 2. The number of hydrogen-bond acceptors (Lipinski definition) is 11. The van der Waals surface area contributed by atoms with Crippen LogP contribution in [0.15, 0.2) is 43.2 Å². The molecule has 2 aromatic carbocycles. The SMILES string of the molecule is C=CC(=O)Nc1cc(Nc2ncnc(Nc3cc(Cl)c(F)cc3C(C)(C)O)n2)c(OC)cc1N(C)CC1CCCN1CN(C)C. The summed E-state index contributed by atoms with van der Waals surface area (Å²) < 4.78 is 19.9. The first kappa shape index (κ1) is 33.8. The maximum absolute atomic E-state index is 14.2. The number of amides is 1. The predicted octanol–water partition coefficient (Wildman–Crippen LogP) is 4.93. The lowest BCUT2D eigenvalue weighted by atomic mass is 9.96. The zero-order valence-corrected chi connectivity index (χ0v) is 27.2. The van der Waals surface area contributed by atoms with E-state index in [0.29, 0.717) is 28.9 Å². The molecule has 3 aromatic rings. The first-order chi connectivity index (χ1) is 21.3. The standard InChI is InChI=1S/C31H41ClFN9O3/c1-8-28(43)36-24-14-25(27(45-7)15-26(24)41(6)16-19-10-9-11-42(19)18-40(4)5)38-30-35-17-34-29(39-30)37-23-13-21(32)22(33)12-20(23)31(2,3)44/h8,12-15,17,19,44H,1,9-11,16,18H2,2-7H3,(H,36,43)(H2,34,35,37,38,39). The number of aromatic nitrogens is 3. The van der Waals surface area contributed by atoms with E-state index in [4.69, 9.17) is 16.3 Å². The van der Waals surface area contributed by atoms with Gasteiger partial charge in [0.1, 0.15) is 17.9 Å². The molecule has 0 radical (unpaired) electrons. The Morgan fingerprint density at radius 2 is 1.87 bits per heavy atom. The minimum atomic E-state index is -1.38. The summed E-state index contributed by atoms with van der Waals surface area (Å²) in [6.45, 7) is 9.33. The molecule has 4 N–H and O–H groups in total. The van der Waals surface area contributed by atoms with Gasteiger partial charge < -0.3 is 30.7 Å². The second kappa shape index (κ2) is 14.4. The van der Waals surface area contributed by atoms with Crippen molar-refractivity contribution >= 4 is 52.2 Å². The number of methoxy groups -OCH3 is 1. The van der Waals surface area contributed by atoms with E-state index >= 15 is 0 Å². The molecule has 1 aliphatic rings. The molecule has 12 nitrogen and oxygen atoms in total. The molecule has 1 unspecified atom stereocenters. The molecule has 0 saturated carbocycles. The molecule has 0 spiro atoms. The van der Waals surface area contributed by atoms with Crippen LogP contribution in [0.25, 0.3) is 0 Å². The van der Waals surface area contributed by atoms with Gasteiger partial charge in [0.15, 0.2) is 0 Å². The maximum atomic E-state index is 14.2. The minimum absolute atomic E-state index is 0.120. The highest BCUT2D eigenvalue weighted by atomic mass is 35.5. The number of likely N-dealkylation sites (tertiary alicyclic amines) is 1. The van der Waals surface area contributed by atoms with Crippen molar-refractivity contribution in [1.29, 1.82) is 0 Å². The van der Waals surface area contributed by atoms with Gasteiger partial charge in [-0.1, -0.05) is 18.2 Å². The van der Waals surface area contributed by atoms with Gasteiger partial charge in [-0.3, -0.25) is 14.6 Å². The summed E-state index contributed by atoms with van der Waals surface area (Å²) in [4.78, 5) is 32.0. The maximum Gasteiger partial charge on any atom is 0.247 e. The molecule has 1 amide bonds. The lowest BCUT2D eigenvalue weighted by Crippen LogP contribution is -2.43. The molecule has 4 rings (SSSR count). The Morgan fingerprint density at radius 1 is 1.18 bits per heavy atom. The highest BCUT2D eigenvalue weighted by molar-refractivity contribution is 6.31. The van der Waals surface area contributed by atoms with Crippen LogP contribution in [0.1, 0.15) is 32.3 Å². The van der Waals surface area contributed by atoms with Gasteiger partial charge in [0, 0.05) is 37.0 Å². The van der Waals surface area contributed by atoms with Crippen LogP contribution in [0.2, 0.25) is 5.02 Å². The van der Waals surface area contributed by atoms with E-state index in [1.807, 2.05) is 13.1 Å². The minimum Gasteiger partial charge on any atom is -0.494 e. The molecular formula is C31H41ClFN9O3. The summed E-state index contributed by atoms with van der Waals surface area (Å²) in [7, 11) is 7.68. The van der Waals surface area contributed by atoms with Crippen molar-refractivity contribution in [2.75, 3.05) is 68.9 Å². The summed E-state index contributed by atoms with van der Waals surface area (Å²) in [5.41, 5.74) is 1.03. The smallest absolute Gasteiger partial charge is 0.247 e. The Kier molecular flexibility index (Phi) is 10.8. The Labute approximate surface area is 268 Å². The number of likely N-dealkylation sites (N-methyl/N-ethyl adjacent to an activating group) is 1. The van der Waals surface area contributed by atoms with E-state index in [1.54, 1.807) is 13.2 Å². The fourth-order valence-corrected chi connectivity index (χ4v) is 5.48. The van der Waals surface area contributed by atoms with E-state index in [1.165, 1.54) is 38.4 Å². The van der Waals surface area contributed by atoms with Gasteiger partial charge in [-0.2, -0.15) is 4.98 Å². The second-order valence-corrected chi connectivity index (χ2v) is 12.1. The Bertz CT molecular complexity index is 1530. The number of nitrogens with one attached hydrogen (secondary N) is 3. The molecule has 14 heteroatoms. The van der Waals surface area contributed by atoms with Gasteiger partial charge in [-0.15, -0.1) is 0 Å². The highest BCUT2D eigenvalue weighted by Gasteiger charge is 2.27. The molecule has 1 aliphatic heterocycles. The predicted molar refractivity (Wildman–Crippen MR) is 176 cm³/mol. The van der Waals surface area contributed by atoms with Crippen LogP contribution in [0, 0.1) is 5.82 Å². The molecule has 2 heterocycles. The fraction of sp³-hybridized carbons (Fsp3) is 0.419. The number of carbonyl (C=O) groups is 1. The molecule has 1 saturated heterocycles. The molecular weight excluding hydrogens is 601 g/mol. The third kappa shape index (κ3) is 8.57. The van der Waals surface area contributed by atoms with Crippen LogP contribution < -0.4 is 25.6 Å². The average Bonchev–Trinajstić information content (AvgIpc) is 3.39. The third-order valence-corrected chi connectivity index (χ3v) is 7.69. The summed E-state index contributed by atoms with van der Waals surface area (Å²) in [6, 6.07) is 6.48. The lowest BCUT2D eigenvalue weighted by molar-refractivity contribution is -0.111. The van der Waals surface area contributed by atoms with Crippen molar-refractivity contribution in [2.24, 2.45) is 0 Å². The van der Waals surface area contributed by atoms with Crippen LogP contribution >= 0.6 is 11.6 Å². The number of ether oxygens (including phenoxy) is 1. The topological polar surface area (TPSA) is 131 Å². The monoisotopic (exact) mass is 641 g/mol. The summed E-state index contributed by atoms with van der Waals surface area (Å²) >= 11 is 6.02. The van der Waals surface area contributed by atoms with Crippen molar-refractivity contribution in [1.82, 2.24) is 24.8 Å². The second-order valence-electron chi connectivity index (χ2n) is 11.7. The van der Waals surface area contributed by atoms with Crippen LogP contribution in [0.4, 0.5) is 39.0 Å². The summed E-state index contributed by atoms with van der Waals surface area (Å²) in [5, 5.41) is 19.5. The zero-order valence-electron chi connectivity index (χ0n) is 26.5. The lowest BCUT2D eigenvalue weighted by Gasteiger charge is -2.32. The van der Waals surface area contributed by atoms with E-state index < -0.39 is 11.4 Å². The van der Waals surface area contributed by atoms with Gasteiger partial charge in [-0.25, -0.2) is 14.4 Å². The number of benzene rings is 2. The van der Waals surface area contributed by atoms with Gasteiger partial charge in [0.05, 0.1) is 41.5 Å². The van der Waals surface area contributed by atoms with E-state index in [-0.39, 0.29) is 28.4 Å². The van der Waals surface area contributed by atoms with Crippen molar-refractivity contribution in [3.63, 3.8) is 0 Å². The number of carbonyl (C=O) groups excluding carboxylic acids is 1. The van der Waals surface area contributed by atoms with Crippen LogP contribution in [0.5, 0.6) is 5.75 Å². The fourth-order valence-electron chi connectivity index (χ4n) is 5.32. The number of rotatable bonds is 13. The first-order valence-electron chi connectivity index (χ1n) is 14.5. The first-order valence-corrected chi connectivity index (χ1v) is 14.9. The van der Waals surface area contributed by atoms with Crippen LogP contribution in [-0.2, 0) is 10.4 Å². The molecule has 1 aromatic heterocycles. The van der Waals surface area contributed by atoms with Gasteiger partial charge in [0.2, 0.25) is 17.8 Å². The van der Waals surface area contributed by atoms with Gasteiger partial charge in [0.25, 0.3) is 0 Å². The molecule has 1 atom stereocenters. The number of aliphatic hydroxyl groups is 1. The molecule has 45 heavy (non-hydrogen) atoms. The zero-order chi connectivity index (χ0) is 32.9. The quantitative estimate of drug-likeness (QED) is 0.190. The van der Waals surface area contributed by atoms with Gasteiger partial charge >= 0.3 is 0 Å². The van der Waals surface area contributed by atoms with E-state index in [9.17, 15) is 14.3 Å². The Balaban J connectivity index is 1.63. The van der Waals surface area contributed by atoms with Crippen molar-refractivity contribution in [3.05, 3.63) is 59.7 Å². The number of nitrogens with zero attached hydrogens (tertiary/aromatic N) is 6. The third-order valence-electron chi connectivity index (χ3n) is 7.40. The molecule has 0 bridgehead atoms. The van der Waals surface area contributed by atoms with Crippen LogP contribution in [-0.4, -0.2) is 89.8 Å². The summed E-state index contributed by atoms with van der Waals surface area (Å²) in [6.07, 6.45) is 4.72. The molecule has 242 valence electrons. The average molecular weight is 642 g/mol. The van der Waals surface area contributed by atoms with Crippen molar-refractivity contribution in [2.45, 2.75) is 38.3 Å². The normalized spacial score (nSPS) is 15.2. The Hall–Kier alpha value is -4.04. The molecule has 1 fully saturated rings. The highest BCUT2D eigenvalue weighted by Crippen LogP contribution is 2.39. The van der Waals surface area contributed by atoms with E-state index in [0.717, 1.165) is 38.3 Å². The number of hydrogen-bond donors (Lipinski definition) is 4. The van der Waals surface area contributed by atoms with E-state index in [2.05, 4.69) is 66.3 Å². The van der Waals surface area contributed by atoms with Gasteiger partial charge in [-0.05, 0) is 71.6 Å². The van der Waals surface area contributed by atoms with Crippen molar-refractivity contribution in [3.8, 4) is 5.75 Å². The number of anilines is 6. The Morgan fingerprint density at radius 3 is 2.49 bits per heavy atom. The molecule has 0 aliphatic carbocycles. The van der Waals surface area contributed by atoms with Crippen LogP contribution in [0.3, 0.4) is 0 Å². The van der Waals surface area contributed by atoms with Crippen molar-refractivity contribution < 1.29 is 19.0 Å². The largest absolute Gasteiger partial charge is 0.494 e.